The van der Waals surface area contributed by atoms with Gasteiger partial charge in [0, 0.05) is 19.8 Å². The average Bonchev–Trinajstić information content (AvgIpc) is 3.08. The molecule has 0 unspecified atom stereocenters. The second-order valence-electron chi connectivity index (χ2n) is 5.58. The molecule has 0 radical (unpaired) electrons. The van der Waals surface area contributed by atoms with Crippen molar-refractivity contribution in [1.29, 1.82) is 0 Å². The zero-order valence-electron chi connectivity index (χ0n) is 12.3. The minimum absolute atomic E-state index is 0.264. The van der Waals surface area contributed by atoms with Crippen molar-refractivity contribution in [1.82, 2.24) is 14.1 Å². The van der Waals surface area contributed by atoms with Crippen LogP contribution in [-0.2, 0) is 23.5 Å². The number of aryl methyl sites for hydroxylation is 1. The summed E-state index contributed by atoms with van der Waals surface area (Å²) in [6.45, 7) is 0.337. The van der Waals surface area contributed by atoms with Gasteiger partial charge in [0.1, 0.15) is 0 Å². The molecule has 0 saturated carbocycles. The Balaban J connectivity index is 1.88. The second kappa shape index (κ2) is 5.83. The molecular formula is C15H19N3O3S. The third-order valence-corrected chi connectivity index (χ3v) is 5.95. The molecule has 7 heteroatoms. The molecule has 6 nitrogen and oxygen atoms in total. The Kier molecular flexibility index (Phi) is 4.03. The minimum atomic E-state index is -3.59. The first-order valence-corrected chi connectivity index (χ1v) is 8.65. The van der Waals surface area contributed by atoms with E-state index in [0.717, 1.165) is 5.56 Å². The molecule has 0 spiro atoms. The van der Waals surface area contributed by atoms with Crippen LogP contribution in [0, 0.1) is 0 Å². The van der Waals surface area contributed by atoms with Gasteiger partial charge in [-0.05, 0) is 30.5 Å². The number of rotatable bonds is 4. The van der Waals surface area contributed by atoms with Crippen LogP contribution in [0.1, 0.15) is 12.0 Å². The van der Waals surface area contributed by atoms with Crippen LogP contribution in [0.15, 0.2) is 47.6 Å². The van der Waals surface area contributed by atoms with Crippen LogP contribution in [0.25, 0.3) is 0 Å². The van der Waals surface area contributed by atoms with Crippen molar-refractivity contribution < 1.29 is 13.5 Å². The predicted molar refractivity (Wildman–Crippen MR) is 81.7 cm³/mol. The molecule has 1 N–H and O–H groups in total. The summed E-state index contributed by atoms with van der Waals surface area (Å²) in [5.41, 5.74) is 0.918. The number of hydrogen-bond donors (Lipinski definition) is 1. The Hall–Kier alpha value is -1.70. The quantitative estimate of drug-likeness (QED) is 0.903. The van der Waals surface area contributed by atoms with Crippen LogP contribution >= 0.6 is 0 Å². The highest BCUT2D eigenvalue weighted by Crippen LogP contribution is 2.28. The van der Waals surface area contributed by atoms with Gasteiger partial charge in [-0.2, -0.15) is 9.40 Å². The monoisotopic (exact) mass is 321 g/mol. The lowest BCUT2D eigenvalue weighted by atomic mass is 10.1. The van der Waals surface area contributed by atoms with Crippen LogP contribution in [0.2, 0.25) is 0 Å². The fourth-order valence-corrected chi connectivity index (χ4v) is 4.58. The van der Waals surface area contributed by atoms with Gasteiger partial charge in [-0.1, -0.05) is 18.2 Å². The minimum Gasteiger partial charge on any atom is -0.391 e. The molecule has 2 atom stereocenters. The van der Waals surface area contributed by atoms with Gasteiger partial charge in [0.05, 0.1) is 23.2 Å². The molecule has 22 heavy (non-hydrogen) atoms. The van der Waals surface area contributed by atoms with Crippen molar-refractivity contribution in [3.63, 3.8) is 0 Å². The molecule has 1 saturated heterocycles. The lowest BCUT2D eigenvalue weighted by Crippen LogP contribution is -2.41. The standard InChI is InChI=1S/C15H19N3O3S/c1-17-11-12(10-16-17)9-14-15(19)7-8-18(14)22(20,21)13-5-3-2-4-6-13/h2-6,10-11,14-15,19H,7-9H2,1H3/t14-,15-/m1/s1. The molecule has 1 aliphatic heterocycles. The third kappa shape index (κ3) is 2.79. The molecule has 1 aliphatic rings. The maximum Gasteiger partial charge on any atom is 0.243 e. The fourth-order valence-electron chi connectivity index (χ4n) is 2.89. The van der Waals surface area contributed by atoms with Crippen molar-refractivity contribution in [2.75, 3.05) is 6.54 Å². The van der Waals surface area contributed by atoms with Crippen molar-refractivity contribution in [2.24, 2.45) is 7.05 Å². The molecule has 2 aromatic rings. The second-order valence-corrected chi connectivity index (χ2v) is 7.47. The maximum absolute atomic E-state index is 12.8. The lowest BCUT2D eigenvalue weighted by Gasteiger charge is -2.25. The molecule has 1 aromatic carbocycles. The van der Waals surface area contributed by atoms with Crippen molar-refractivity contribution in [3.8, 4) is 0 Å². The van der Waals surface area contributed by atoms with Gasteiger partial charge in [0.15, 0.2) is 0 Å². The fraction of sp³-hybridized carbons (Fsp3) is 0.400. The van der Waals surface area contributed by atoms with E-state index < -0.39 is 22.2 Å². The SMILES string of the molecule is Cn1cc(C[C@@H]2[C@H](O)CCN2S(=O)(=O)c2ccccc2)cn1. The molecule has 1 fully saturated rings. The van der Waals surface area contributed by atoms with Crippen molar-refractivity contribution >= 4 is 10.0 Å². The highest BCUT2D eigenvalue weighted by Gasteiger charge is 2.40. The first kappa shape index (κ1) is 15.2. The molecule has 0 amide bonds. The number of benzene rings is 1. The number of aromatic nitrogens is 2. The number of sulfonamides is 1. The smallest absolute Gasteiger partial charge is 0.243 e. The molecule has 0 bridgehead atoms. The predicted octanol–water partition coefficient (Wildman–Crippen LogP) is 0.787. The first-order valence-electron chi connectivity index (χ1n) is 7.21. The summed E-state index contributed by atoms with van der Waals surface area (Å²) in [7, 11) is -1.78. The normalized spacial score (nSPS) is 23.0. The summed E-state index contributed by atoms with van der Waals surface area (Å²) in [5.74, 6) is 0. The van der Waals surface area contributed by atoms with Gasteiger partial charge in [0.25, 0.3) is 0 Å². The highest BCUT2D eigenvalue weighted by molar-refractivity contribution is 7.89. The summed E-state index contributed by atoms with van der Waals surface area (Å²) in [4.78, 5) is 0.264. The number of hydrogen-bond acceptors (Lipinski definition) is 4. The van der Waals surface area contributed by atoms with E-state index in [1.807, 2.05) is 13.2 Å². The van der Waals surface area contributed by atoms with E-state index in [0.29, 0.717) is 19.4 Å². The van der Waals surface area contributed by atoms with E-state index in [1.165, 1.54) is 4.31 Å². The Bertz CT molecular complexity index is 742. The van der Waals surface area contributed by atoms with Crippen LogP contribution in [0.3, 0.4) is 0 Å². The van der Waals surface area contributed by atoms with E-state index in [1.54, 1.807) is 41.2 Å². The van der Waals surface area contributed by atoms with E-state index in [2.05, 4.69) is 5.10 Å². The van der Waals surface area contributed by atoms with Gasteiger partial charge in [-0.25, -0.2) is 8.42 Å². The van der Waals surface area contributed by atoms with Crippen molar-refractivity contribution in [3.05, 3.63) is 48.3 Å². The molecular weight excluding hydrogens is 302 g/mol. The Morgan fingerprint density at radius 1 is 1.32 bits per heavy atom. The summed E-state index contributed by atoms with van der Waals surface area (Å²) >= 11 is 0. The van der Waals surface area contributed by atoms with Crippen molar-refractivity contribution in [2.45, 2.75) is 29.9 Å². The van der Waals surface area contributed by atoms with E-state index >= 15 is 0 Å². The molecule has 2 heterocycles. The summed E-state index contributed by atoms with van der Waals surface area (Å²) in [6.07, 6.45) is 3.81. The average molecular weight is 321 g/mol. The number of aliphatic hydroxyl groups is 1. The van der Waals surface area contributed by atoms with E-state index in [-0.39, 0.29) is 4.90 Å². The Morgan fingerprint density at radius 2 is 2.05 bits per heavy atom. The Morgan fingerprint density at radius 3 is 2.68 bits per heavy atom. The molecule has 1 aromatic heterocycles. The number of aliphatic hydroxyl groups excluding tert-OH is 1. The van der Waals surface area contributed by atoms with E-state index in [4.69, 9.17) is 0 Å². The lowest BCUT2D eigenvalue weighted by molar-refractivity contribution is 0.142. The van der Waals surface area contributed by atoms with Gasteiger partial charge in [-0.15, -0.1) is 0 Å². The maximum atomic E-state index is 12.8. The third-order valence-electron chi connectivity index (χ3n) is 4.01. The summed E-state index contributed by atoms with van der Waals surface area (Å²) in [5, 5.41) is 14.3. The largest absolute Gasteiger partial charge is 0.391 e. The van der Waals surface area contributed by atoms with Gasteiger partial charge in [0.2, 0.25) is 10.0 Å². The molecule has 3 rings (SSSR count). The van der Waals surface area contributed by atoms with Crippen LogP contribution in [-0.4, -0.2) is 46.3 Å². The van der Waals surface area contributed by atoms with Gasteiger partial charge >= 0.3 is 0 Å². The zero-order valence-corrected chi connectivity index (χ0v) is 13.1. The zero-order chi connectivity index (χ0) is 15.7. The van der Waals surface area contributed by atoms with Crippen LogP contribution in [0.4, 0.5) is 0 Å². The highest BCUT2D eigenvalue weighted by atomic mass is 32.2. The topological polar surface area (TPSA) is 75.4 Å². The van der Waals surface area contributed by atoms with Gasteiger partial charge in [-0.3, -0.25) is 4.68 Å². The van der Waals surface area contributed by atoms with E-state index in [9.17, 15) is 13.5 Å². The number of nitrogens with zero attached hydrogens (tertiary/aromatic N) is 3. The summed E-state index contributed by atoms with van der Waals surface area (Å²) in [6, 6.07) is 7.91. The molecule has 0 aliphatic carbocycles. The van der Waals surface area contributed by atoms with Crippen LogP contribution in [0.5, 0.6) is 0 Å². The van der Waals surface area contributed by atoms with Crippen LogP contribution < -0.4 is 0 Å². The first-order chi connectivity index (χ1) is 10.5. The molecule has 118 valence electrons. The Labute approximate surface area is 130 Å². The summed E-state index contributed by atoms with van der Waals surface area (Å²) < 4.78 is 28.6. The van der Waals surface area contributed by atoms with Gasteiger partial charge < -0.3 is 5.11 Å².